The van der Waals surface area contributed by atoms with E-state index in [0.717, 1.165) is 25.8 Å². The van der Waals surface area contributed by atoms with Crippen molar-refractivity contribution in [1.29, 1.82) is 0 Å². The lowest BCUT2D eigenvalue weighted by molar-refractivity contribution is 0.148. The molecule has 0 saturated carbocycles. The van der Waals surface area contributed by atoms with Crippen LogP contribution in [0, 0.1) is 0 Å². The third kappa shape index (κ3) is 8.10. The first-order chi connectivity index (χ1) is 8.70. The van der Waals surface area contributed by atoms with Gasteiger partial charge in [-0.05, 0) is 31.0 Å². The fourth-order valence-corrected chi connectivity index (χ4v) is 3.82. The molecule has 0 aromatic heterocycles. The highest BCUT2D eigenvalue weighted by atomic mass is 31.2. The van der Waals surface area contributed by atoms with Gasteiger partial charge in [-0.2, -0.15) is 4.89 Å². The van der Waals surface area contributed by atoms with Gasteiger partial charge in [-0.1, -0.05) is 19.8 Å². The zero-order valence-electron chi connectivity index (χ0n) is 11.3. The predicted octanol–water partition coefficient (Wildman–Crippen LogP) is 1.10. The summed E-state index contributed by atoms with van der Waals surface area (Å²) in [4.78, 5) is 28.7. The lowest BCUT2D eigenvalue weighted by atomic mass is 10.2. The van der Waals surface area contributed by atoms with Crippen LogP contribution in [0.5, 0.6) is 0 Å². The van der Waals surface area contributed by atoms with E-state index in [1.54, 1.807) is 0 Å². The fourth-order valence-electron chi connectivity index (χ4n) is 1.75. The van der Waals surface area contributed by atoms with Gasteiger partial charge in [0, 0.05) is 6.54 Å². The van der Waals surface area contributed by atoms with Crippen LogP contribution < -0.4 is 0 Å². The zero-order chi connectivity index (χ0) is 15.1. The van der Waals surface area contributed by atoms with Gasteiger partial charge in [0.05, 0.1) is 0 Å². The van der Waals surface area contributed by atoms with Gasteiger partial charge in [0.1, 0.15) is 6.10 Å². The largest absolute Gasteiger partial charge is 0.524 e. The average molecular weight is 316 g/mol. The van der Waals surface area contributed by atoms with Gasteiger partial charge in [0.25, 0.3) is 0 Å². The van der Waals surface area contributed by atoms with Gasteiger partial charge >= 0.3 is 21.0 Å². The standard InChI is InChI=1S/C10H23NO6P2/c1-3-4-5-7-11(2)8-6-9(12)10(18(13)14)19(15,16)17/h9-10,12H,3-8H2,1-2H3,(H2-,13,14,15,16,17)/p+1. The van der Waals surface area contributed by atoms with Crippen LogP contribution in [0.2, 0.25) is 0 Å². The molecule has 0 aromatic rings. The van der Waals surface area contributed by atoms with E-state index in [9.17, 15) is 14.2 Å². The highest BCUT2D eigenvalue weighted by Crippen LogP contribution is 2.53. The third-order valence-electron chi connectivity index (χ3n) is 2.87. The van der Waals surface area contributed by atoms with Crippen molar-refractivity contribution in [3.05, 3.63) is 0 Å². The summed E-state index contributed by atoms with van der Waals surface area (Å²) in [6.07, 6.45) is 1.78. The van der Waals surface area contributed by atoms with Gasteiger partial charge in [0.15, 0.2) is 0 Å². The minimum absolute atomic E-state index is 0.0556. The van der Waals surface area contributed by atoms with Crippen molar-refractivity contribution in [3.8, 4) is 0 Å². The van der Waals surface area contributed by atoms with Gasteiger partial charge in [0.2, 0.25) is 0 Å². The van der Waals surface area contributed by atoms with E-state index in [2.05, 4.69) is 6.92 Å². The van der Waals surface area contributed by atoms with Crippen molar-refractivity contribution < 1.29 is 28.9 Å². The molecular weight excluding hydrogens is 292 g/mol. The number of unbranched alkanes of at least 4 members (excludes halogenated alkanes) is 2. The van der Waals surface area contributed by atoms with E-state index in [4.69, 9.17) is 14.7 Å². The van der Waals surface area contributed by atoms with Gasteiger partial charge in [-0.3, -0.25) is 4.57 Å². The number of aliphatic hydroxyl groups excluding tert-OH is 1. The Morgan fingerprint density at radius 2 is 1.84 bits per heavy atom. The molecule has 0 aliphatic rings. The van der Waals surface area contributed by atoms with Crippen LogP contribution >= 0.6 is 15.6 Å². The lowest BCUT2D eigenvalue weighted by Gasteiger charge is -2.19. The maximum Gasteiger partial charge on any atom is 0.524 e. The Bertz CT molecular complexity index is 321. The van der Waals surface area contributed by atoms with Crippen molar-refractivity contribution in [2.45, 2.75) is 44.1 Å². The molecule has 3 atom stereocenters. The van der Waals surface area contributed by atoms with E-state index >= 15 is 0 Å². The van der Waals surface area contributed by atoms with Crippen LogP contribution in [0.4, 0.5) is 0 Å². The smallest absolute Gasteiger partial charge is 0.387 e. The molecule has 0 aliphatic carbocycles. The summed E-state index contributed by atoms with van der Waals surface area (Å²) in [6.45, 7) is 3.34. The van der Waals surface area contributed by atoms with E-state index in [1.807, 2.05) is 11.9 Å². The summed E-state index contributed by atoms with van der Waals surface area (Å²) < 4.78 is 22.0. The van der Waals surface area contributed by atoms with Crippen molar-refractivity contribution in [1.82, 2.24) is 4.90 Å². The summed E-state index contributed by atoms with van der Waals surface area (Å²) in [6, 6.07) is 0. The molecule has 0 amide bonds. The molecule has 0 aromatic carbocycles. The molecular formula is C10H24NO6P2+. The number of rotatable bonds is 10. The van der Waals surface area contributed by atoms with Crippen molar-refractivity contribution in [2.24, 2.45) is 0 Å². The van der Waals surface area contributed by atoms with Crippen molar-refractivity contribution in [2.75, 3.05) is 20.1 Å². The Balaban J connectivity index is 4.24. The molecule has 19 heavy (non-hydrogen) atoms. The lowest BCUT2D eigenvalue weighted by Crippen LogP contribution is -2.29. The summed E-state index contributed by atoms with van der Waals surface area (Å²) in [5.41, 5.74) is 0. The Kier molecular flexibility index (Phi) is 9.20. The molecule has 0 fully saturated rings. The SMILES string of the molecule is CCCCCN(C)CCC(O)C([P+](=O)O)P(=O)(O)O. The molecule has 0 aliphatic heterocycles. The molecule has 0 bridgehead atoms. The first-order valence-corrected chi connectivity index (χ1v) is 9.23. The minimum atomic E-state index is -4.78. The first kappa shape index (κ1) is 19.1. The normalized spacial score (nSPS) is 16.5. The summed E-state index contributed by atoms with van der Waals surface area (Å²) >= 11 is 0. The summed E-state index contributed by atoms with van der Waals surface area (Å²) in [5.74, 6) is 0. The molecule has 0 heterocycles. The highest BCUT2D eigenvalue weighted by Gasteiger charge is 2.50. The minimum Gasteiger partial charge on any atom is -0.387 e. The number of hydrogen-bond acceptors (Lipinski definition) is 4. The van der Waals surface area contributed by atoms with Crippen LogP contribution in [-0.4, -0.2) is 56.3 Å². The molecule has 0 radical (unpaired) electrons. The van der Waals surface area contributed by atoms with Gasteiger partial charge < -0.3 is 19.8 Å². The van der Waals surface area contributed by atoms with Crippen molar-refractivity contribution in [3.63, 3.8) is 0 Å². The van der Waals surface area contributed by atoms with E-state index < -0.39 is 27.1 Å². The molecule has 7 nitrogen and oxygen atoms in total. The number of nitrogens with zero attached hydrogens (tertiary/aromatic N) is 1. The maximum absolute atomic E-state index is 11.0. The molecule has 114 valence electrons. The van der Waals surface area contributed by atoms with E-state index in [-0.39, 0.29) is 6.42 Å². The second kappa shape index (κ2) is 9.14. The summed E-state index contributed by atoms with van der Waals surface area (Å²) in [7, 11) is -6.05. The predicted molar refractivity (Wildman–Crippen MR) is 73.3 cm³/mol. The quantitative estimate of drug-likeness (QED) is 0.352. The molecule has 9 heteroatoms. The van der Waals surface area contributed by atoms with Gasteiger partial charge in [-0.25, -0.2) is 0 Å². The molecule has 3 unspecified atom stereocenters. The Morgan fingerprint density at radius 3 is 2.26 bits per heavy atom. The summed E-state index contributed by atoms with van der Waals surface area (Å²) in [5, 5.41) is 7.78. The van der Waals surface area contributed by atoms with E-state index in [1.165, 1.54) is 0 Å². The van der Waals surface area contributed by atoms with Crippen LogP contribution in [-0.2, 0) is 9.13 Å². The Hall–Kier alpha value is 0.130. The van der Waals surface area contributed by atoms with Crippen LogP contribution in [0.25, 0.3) is 0 Å². The zero-order valence-corrected chi connectivity index (χ0v) is 13.1. The second-order valence-electron chi connectivity index (χ2n) is 4.67. The maximum atomic E-state index is 11.0. The number of hydrogen-bond donors (Lipinski definition) is 4. The van der Waals surface area contributed by atoms with Gasteiger partial charge in [-0.15, -0.1) is 0 Å². The van der Waals surface area contributed by atoms with Crippen LogP contribution in [0.15, 0.2) is 0 Å². The van der Waals surface area contributed by atoms with Crippen LogP contribution in [0.1, 0.15) is 32.6 Å². The molecule has 4 N–H and O–H groups in total. The monoisotopic (exact) mass is 316 g/mol. The second-order valence-corrected chi connectivity index (χ2v) is 7.97. The topological polar surface area (TPSA) is 118 Å². The molecule has 0 rings (SSSR count). The van der Waals surface area contributed by atoms with E-state index in [0.29, 0.717) is 6.54 Å². The third-order valence-corrected chi connectivity index (χ3v) is 6.19. The van der Waals surface area contributed by atoms with Crippen molar-refractivity contribution >= 4 is 15.6 Å². The molecule has 0 spiro atoms. The Labute approximate surface area is 114 Å². The highest BCUT2D eigenvalue weighted by molar-refractivity contribution is 7.65. The van der Waals surface area contributed by atoms with Crippen LogP contribution in [0.3, 0.4) is 0 Å². The number of aliphatic hydroxyl groups is 1. The first-order valence-electron chi connectivity index (χ1n) is 6.27. The fraction of sp³-hybridized carbons (Fsp3) is 1.00. The molecule has 0 saturated heterocycles. The Morgan fingerprint density at radius 1 is 1.26 bits per heavy atom. The average Bonchev–Trinajstić information content (AvgIpc) is 2.24.